The maximum Gasteiger partial charge on any atom is 0.293 e. The Morgan fingerprint density at radius 1 is 1.42 bits per heavy atom. The van der Waals surface area contributed by atoms with Gasteiger partial charge in [-0.2, -0.15) is 0 Å². The van der Waals surface area contributed by atoms with Crippen molar-refractivity contribution in [1.29, 1.82) is 0 Å². The van der Waals surface area contributed by atoms with Gasteiger partial charge in [0.05, 0.1) is 6.54 Å². The Morgan fingerprint density at radius 3 is 2.74 bits per heavy atom. The zero-order chi connectivity index (χ0) is 14.0. The van der Waals surface area contributed by atoms with Gasteiger partial charge >= 0.3 is 0 Å². The predicted octanol–water partition coefficient (Wildman–Crippen LogP) is 2.98. The van der Waals surface area contributed by atoms with E-state index in [2.05, 4.69) is 28.7 Å². The Labute approximate surface area is 117 Å². The van der Waals surface area contributed by atoms with Crippen molar-refractivity contribution >= 4 is 17.2 Å². The van der Waals surface area contributed by atoms with Crippen LogP contribution in [0.3, 0.4) is 0 Å². The van der Waals surface area contributed by atoms with Crippen molar-refractivity contribution in [1.82, 2.24) is 9.55 Å². The van der Waals surface area contributed by atoms with Crippen molar-refractivity contribution in [2.24, 2.45) is 0 Å². The number of hydrogen-bond acceptors (Lipinski definition) is 4. The van der Waals surface area contributed by atoms with Gasteiger partial charge in [-0.3, -0.25) is 4.79 Å². The quantitative estimate of drug-likeness (QED) is 0.938. The van der Waals surface area contributed by atoms with Crippen LogP contribution in [-0.4, -0.2) is 9.55 Å². The summed E-state index contributed by atoms with van der Waals surface area (Å²) in [5, 5.41) is 5.19. The van der Waals surface area contributed by atoms with Gasteiger partial charge < -0.3 is 9.88 Å². The number of nitrogens with zero attached hydrogens (tertiary/aromatic N) is 2. The van der Waals surface area contributed by atoms with E-state index in [1.807, 2.05) is 20.8 Å². The predicted molar refractivity (Wildman–Crippen MR) is 79.9 cm³/mol. The SMILES string of the molecule is Cc1ccsc1CNc1nccn(C(C)(C)C)c1=O. The Kier molecular flexibility index (Phi) is 3.75. The molecule has 0 bridgehead atoms. The fourth-order valence-electron chi connectivity index (χ4n) is 1.81. The van der Waals surface area contributed by atoms with Gasteiger partial charge in [-0.25, -0.2) is 4.98 Å². The second-order valence-electron chi connectivity index (χ2n) is 5.50. The molecule has 2 aromatic rings. The van der Waals surface area contributed by atoms with E-state index < -0.39 is 0 Å². The molecule has 0 aromatic carbocycles. The summed E-state index contributed by atoms with van der Waals surface area (Å²) in [4.78, 5) is 17.7. The fraction of sp³-hybridized carbons (Fsp3) is 0.429. The molecule has 0 spiro atoms. The molecule has 0 saturated carbocycles. The van der Waals surface area contributed by atoms with E-state index in [4.69, 9.17) is 0 Å². The molecule has 0 radical (unpaired) electrons. The van der Waals surface area contributed by atoms with Gasteiger partial charge in [-0.1, -0.05) is 0 Å². The minimum atomic E-state index is -0.241. The summed E-state index contributed by atoms with van der Waals surface area (Å²) in [6, 6.07) is 2.08. The highest BCUT2D eigenvalue weighted by molar-refractivity contribution is 7.10. The van der Waals surface area contributed by atoms with Gasteiger partial charge in [0, 0.05) is 22.8 Å². The van der Waals surface area contributed by atoms with Crippen molar-refractivity contribution in [3.63, 3.8) is 0 Å². The zero-order valence-corrected chi connectivity index (χ0v) is 12.5. The summed E-state index contributed by atoms with van der Waals surface area (Å²) in [6.07, 6.45) is 3.39. The lowest BCUT2D eigenvalue weighted by molar-refractivity contribution is 0.383. The summed E-state index contributed by atoms with van der Waals surface area (Å²) in [5.41, 5.74) is 0.920. The van der Waals surface area contributed by atoms with Gasteiger partial charge in [-0.15, -0.1) is 11.3 Å². The third-order valence-electron chi connectivity index (χ3n) is 2.95. The first kappa shape index (κ1) is 13.8. The molecule has 0 aliphatic carbocycles. The van der Waals surface area contributed by atoms with Crippen LogP contribution in [0, 0.1) is 6.92 Å². The fourth-order valence-corrected chi connectivity index (χ4v) is 2.66. The lowest BCUT2D eigenvalue weighted by Crippen LogP contribution is -2.35. The maximum absolute atomic E-state index is 12.3. The van der Waals surface area contributed by atoms with Crippen LogP contribution in [0.15, 0.2) is 28.6 Å². The van der Waals surface area contributed by atoms with E-state index in [-0.39, 0.29) is 11.1 Å². The summed E-state index contributed by atoms with van der Waals surface area (Å²) in [7, 11) is 0. The van der Waals surface area contributed by atoms with E-state index >= 15 is 0 Å². The third-order valence-corrected chi connectivity index (χ3v) is 3.97. The second-order valence-corrected chi connectivity index (χ2v) is 6.50. The lowest BCUT2D eigenvalue weighted by atomic mass is 10.1. The summed E-state index contributed by atoms with van der Waals surface area (Å²) < 4.78 is 1.70. The number of aryl methyl sites for hydroxylation is 1. The van der Waals surface area contributed by atoms with Crippen LogP contribution in [-0.2, 0) is 12.1 Å². The van der Waals surface area contributed by atoms with Crippen LogP contribution in [0.5, 0.6) is 0 Å². The smallest absolute Gasteiger partial charge is 0.293 e. The van der Waals surface area contributed by atoms with E-state index in [1.165, 1.54) is 10.4 Å². The minimum absolute atomic E-state index is 0.0794. The van der Waals surface area contributed by atoms with Gasteiger partial charge in [0.1, 0.15) is 0 Å². The summed E-state index contributed by atoms with van der Waals surface area (Å²) in [5.74, 6) is 0.408. The first-order valence-electron chi connectivity index (χ1n) is 6.24. The molecular weight excluding hydrogens is 258 g/mol. The lowest BCUT2D eigenvalue weighted by Gasteiger charge is -2.22. The molecule has 0 unspecified atom stereocenters. The number of hydrogen-bond donors (Lipinski definition) is 1. The molecule has 0 fully saturated rings. The van der Waals surface area contributed by atoms with Crippen molar-refractivity contribution in [2.75, 3.05) is 5.32 Å². The molecule has 2 rings (SSSR count). The zero-order valence-electron chi connectivity index (χ0n) is 11.7. The Morgan fingerprint density at radius 2 is 2.16 bits per heavy atom. The Balaban J connectivity index is 2.23. The van der Waals surface area contributed by atoms with E-state index in [0.29, 0.717) is 12.4 Å². The van der Waals surface area contributed by atoms with Crippen LogP contribution in [0.25, 0.3) is 0 Å². The van der Waals surface area contributed by atoms with Gasteiger partial charge in [0.15, 0.2) is 5.82 Å². The Hall–Kier alpha value is -1.62. The normalized spacial score (nSPS) is 11.6. The van der Waals surface area contributed by atoms with E-state index in [1.54, 1.807) is 28.3 Å². The molecule has 19 heavy (non-hydrogen) atoms. The summed E-state index contributed by atoms with van der Waals surface area (Å²) in [6.45, 7) is 8.71. The molecule has 4 nitrogen and oxygen atoms in total. The first-order valence-corrected chi connectivity index (χ1v) is 7.12. The molecule has 0 amide bonds. The number of anilines is 1. The minimum Gasteiger partial charge on any atom is -0.361 e. The standard InChI is InChI=1S/C14H19N3OS/c1-10-5-8-19-11(10)9-16-12-13(18)17(7-6-15-12)14(2,3)4/h5-8H,9H2,1-4H3,(H,15,16). The van der Waals surface area contributed by atoms with Gasteiger partial charge in [0.25, 0.3) is 5.56 Å². The second kappa shape index (κ2) is 5.17. The number of aromatic nitrogens is 2. The summed E-state index contributed by atoms with van der Waals surface area (Å²) >= 11 is 1.69. The molecule has 102 valence electrons. The highest BCUT2D eigenvalue weighted by Crippen LogP contribution is 2.16. The van der Waals surface area contributed by atoms with Gasteiger partial charge in [0.2, 0.25) is 0 Å². The molecule has 2 heterocycles. The van der Waals surface area contributed by atoms with Crippen molar-refractivity contribution in [3.8, 4) is 0 Å². The van der Waals surface area contributed by atoms with Crippen LogP contribution >= 0.6 is 11.3 Å². The van der Waals surface area contributed by atoms with Crippen LogP contribution in [0.2, 0.25) is 0 Å². The molecule has 0 aliphatic rings. The maximum atomic E-state index is 12.3. The molecule has 0 atom stereocenters. The highest BCUT2D eigenvalue weighted by Gasteiger charge is 2.16. The van der Waals surface area contributed by atoms with Crippen molar-refractivity contribution in [3.05, 3.63) is 44.6 Å². The number of nitrogens with one attached hydrogen (secondary N) is 1. The third kappa shape index (κ3) is 3.04. The average Bonchev–Trinajstić information content (AvgIpc) is 2.72. The largest absolute Gasteiger partial charge is 0.361 e. The molecule has 0 saturated heterocycles. The van der Waals surface area contributed by atoms with E-state index in [9.17, 15) is 4.79 Å². The van der Waals surface area contributed by atoms with Gasteiger partial charge in [-0.05, 0) is 44.7 Å². The number of thiophene rings is 1. The molecular formula is C14H19N3OS. The first-order chi connectivity index (χ1) is 8.89. The number of rotatable bonds is 3. The topological polar surface area (TPSA) is 46.9 Å². The molecule has 5 heteroatoms. The van der Waals surface area contributed by atoms with Crippen molar-refractivity contribution in [2.45, 2.75) is 39.8 Å². The Bertz CT molecular complexity index is 622. The van der Waals surface area contributed by atoms with Crippen LogP contribution < -0.4 is 10.9 Å². The van der Waals surface area contributed by atoms with E-state index in [0.717, 1.165) is 0 Å². The van der Waals surface area contributed by atoms with Crippen LogP contribution in [0.4, 0.5) is 5.82 Å². The molecule has 1 N–H and O–H groups in total. The highest BCUT2D eigenvalue weighted by atomic mass is 32.1. The molecule has 2 aromatic heterocycles. The van der Waals surface area contributed by atoms with Crippen LogP contribution in [0.1, 0.15) is 31.2 Å². The monoisotopic (exact) mass is 277 g/mol. The average molecular weight is 277 g/mol. The molecule has 0 aliphatic heterocycles. The van der Waals surface area contributed by atoms with Crippen molar-refractivity contribution < 1.29 is 0 Å².